The highest BCUT2D eigenvalue weighted by atomic mass is 19.4. The zero-order valence-electron chi connectivity index (χ0n) is 15.1. The second-order valence-electron chi connectivity index (χ2n) is 6.59. The van der Waals surface area contributed by atoms with Crippen molar-refractivity contribution in [2.24, 2.45) is 0 Å². The number of rotatable bonds is 6. The third kappa shape index (κ3) is 4.61. The Labute approximate surface area is 155 Å². The maximum atomic E-state index is 13.2. The average molecular weight is 381 g/mol. The van der Waals surface area contributed by atoms with E-state index in [-0.39, 0.29) is 12.3 Å². The van der Waals surface area contributed by atoms with Crippen molar-refractivity contribution >= 4 is 11.6 Å². The lowest BCUT2D eigenvalue weighted by molar-refractivity contribution is -0.142. The Morgan fingerprint density at radius 2 is 2.07 bits per heavy atom. The van der Waals surface area contributed by atoms with Crippen molar-refractivity contribution < 1.29 is 22.7 Å². The number of nitrogens with zero attached hydrogens (tertiary/aromatic N) is 2. The van der Waals surface area contributed by atoms with Crippen LogP contribution in [0.1, 0.15) is 42.6 Å². The summed E-state index contributed by atoms with van der Waals surface area (Å²) in [4.78, 5) is 12.1. The molecule has 2 aromatic rings. The molecule has 1 aliphatic carbocycles. The first-order valence-electron chi connectivity index (χ1n) is 8.98. The number of fused-ring (bicyclic) bond motifs is 1. The molecule has 0 atom stereocenters. The Bertz CT molecular complexity index is 815. The van der Waals surface area contributed by atoms with Gasteiger partial charge in [-0.1, -0.05) is 6.07 Å². The fraction of sp³-hybridized carbons (Fsp3) is 0.474. The number of hydrogen-bond acceptors (Lipinski definition) is 3. The molecule has 0 fully saturated rings. The Kier molecular flexibility index (Phi) is 5.72. The van der Waals surface area contributed by atoms with E-state index in [0.717, 1.165) is 12.8 Å². The Balaban J connectivity index is 1.60. The van der Waals surface area contributed by atoms with E-state index in [0.29, 0.717) is 48.5 Å². The molecule has 3 rings (SSSR count). The van der Waals surface area contributed by atoms with Crippen LogP contribution in [0.5, 0.6) is 5.75 Å². The predicted molar refractivity (Wildman–Crippen MR) is 94.7 cm³/mol. The van der Waals surface area contributed by atoms with E-state index in [1.165, 1.54) is 4.68 Å². The number of alkyl halides is 3. The lowest BCUT2D eigenvalue weighted by Crippen LogP contribution is -2.14. The van der Waals surface area contributed by atoms with Crippen LogP contribution in [0.4, 0.5) is 18.9 Å². The number of methoxy groups -OCH3 is 1. The van der Waals surface area contributed by atoms with Gasteiger partial charge in [-0.2, -0.15) is 18.3 Å². The molecule has 27 heavy (non-hydrogen) atoms. The van der Waals surface area contributed by atoms with Crippen molar-refractivity contribution in [2.45, 2.75) is 51.2 Å². The van der Waals surface area contributed by atoms with Crippen LogP contribution >= 0.6 is 0 Å². The molecule has 1 aliphatic rings. The number of benzene rings is 1. The molecule has 0 saturated carbocycles. The SMILES string of the molecule is COc1cccc(NC(=O)CCCn2nc(C(F)(F)F)c3c2CCCC3)c1. The molecule has 5 nitrogen and oxygen atoms in total. The number of carbonyl (C=O) groups excluding carboxylic acids is 1. The number of anilines is 1. The van der Waals surface area contributed by atoms with Crippen LogP contribution < -0.4 is 10.1 Å². The van der Waals surface area contributed by atoms with Gasteiger partial charge in [0, 0.05) is 36.0 Å². The Morgan fingerprint density at radius 3 is 2.81 bits per heavy atom. The summed E-state index contributed by atoms with van der Waals surface area (Å²) in [5.74, 6) is 0.441. The van der Waals surface area contributed by atoms with Gasteiger partial charge in [-0.3, -0.25) is 9.48 Å². The largest absolute Gasteiger partial charge is 0.497 e. The highest BCUT2D eigenvalue weighted by molar-refractivity contribution is 5.90. The lowest BCUT2D eigenvalue weighted by atomic mass is 9.95. The van der Waals surface area contributed by atoms with Crippen LogP contribution in [0.25, 0.3) is 0 Å². The summed E-state index contributed by atoms with van der Waals surface area (Å²) in [6.07, 6.45) is -1.17. The van der Waals surface area contributed by atoms with E-state index in [4.69, 9.17) is 4.74 Å². The number of aromatic nitrogens is 2. The number of carbonyl (C=O) groups is 1. The van der Waals surface area contributed by atoms with Gasteiger partial charge in [-0.05, 0) is 44.2 Å². The van der Waals surface area contributed by atoms with Gasteiger partial charge < -0.3 is 10.1 Å². The quantitative estimate of drug-likeness (QED) is 0.816. The molecule has 1 amide bonds. The van der Waals surface area contributed by atoms with Crippen molar-refractivity contribution in [1.29, 1.82) is 0 Å². The minimum absolute atomic E-state index is 0.194. The summed E-state index contributed by atoms with van der Waals surface area (Å²) in [6, 6.07) is 7.00. The minimum Gasteiger partial charge on any atom is -0.497 e. The molecule has 1 aromatic heterocycles. The second kappa shape index (κ2) is 8.02. The smallest absolute Gasteiger partial charge is 0.435 e. The van der Waals surface area contributed by atoms with Crippen molar-refractivity contribution in [2.75, 3.05) is 12.4 Å². The molecule has 0 spiro atoms. The summed E-state index contributed by atoms with van der Waals surface area (Å²) >= 11 is 0. The van der Waals surface area contributed by atoms with E-state index in [9.17, 15) is 18.0 Å². The van der Waals surface area contributed by atoms with Crippen molar-refractivity contribution in [3.63, 3.8) is 0 Å². The minimum atomic E-state index is -4.43. The molecule has 0 radical (unpaired) electrons. The van der Waals surface area contributed by atoms with Gasteiger partial charge in [0.1, 0.15) is 5.75 Å². The van der Waals surface area contributed by atoms with Crippen molar-refractivity contribution in [3.05, 3.63) is 41.2 Å². The molecule has 1 heterocycles. The van der Waals surface area contributed by atoms with Crippen LogP contribution in [0.3, 0.4) is 0 Å². The number of hydrogen-bond donors (Lipinski definition) is 1. The van der Waals surface area contributed by atoms with Crippen LogP contribution in [0.2, 0.25) is 0 Å². The van der Waals surface area contributed by atoms with Crippen molar-refractivity contribution in [3.8, 4) is 5.75 Å². The first-order valence-corrected chi connectivity index (χ1v) is 8.98. The molecule has 8 heteroatoms. The number of aryl methyl sites for hydroxylation is 1. The third-order valence-electron chi connectivity index (χ3n) is 4.65. The number of amides is 1. The number of nitrogens with one attached hydrogen (secondary N) is 1. The molecule has 0 saturated heterocycles. The first kappa shape index (κ1) is 19.3. The summed E-state index contributed by atoms with van der Waals surface area (Å²) in [5.41, 5.74) is 0.851. The molecule has 0 aliphatic heterocycles. The Hall–Kier alpha value is -2.51. The lowest BCUT2D eigenvalue weighted by Gasteiger charge is -2.14. The van der Waals surface area contributed by atoms with Gasteiger partial charge in [-0.15, -0.1) is 0 Å². The predicted octanol–water partition coefficient (Wildman–Crippen LogP) is 4.21. The first-order chi connectivity index (χ1) is 12.9. The normalized spacial score (nSPS) is 13.9. The standard InChI is InChI=1S/C19H22F3N3O2/c1-27-14-7-4-6-13(12-14)23-17(26)10-5-11-25-16-9-3-2-8-15(16)18(24-25)19(20,21)22/h4,6-7,12H,2-3,5,8-11H2,1H3,(H,23,26). The monoisotopic (exact) mass is 381 g/mol. The highest BCUT2D eigenvalue weighted by Crippen LogP contribution is 2.35. The second-order valence-corrected chi connectivity index (χ2v) is 6.59. The molecule has 0 bridgehead atoms. The van der Waals surface area contributed by atoms with Gasteiger partial charge in [0.2, 0.25) is 5.91 Å². The van der Waals surface area contributed by atoms with Crippen LogP contribution in [0.15, 0.2) is 24.3 Å². The van der Waals surface area contributed by atoms with Crippen LogP contribution in [-0.4, -0.2) is 22.8 Å². The van der Waals surface area contributed by atoms with Crippen LogP contribution in [0, 0.1) is 0 Å². The zero-order chi connectivity index (χ0) is 19.4. The summed E-state index contributed by atoms with van der Waals surface area (Å²) in [6.45, 7) is 0.296. The summed E-state index contributed by atoms with van der Waals surface area (Å²) in [5, 5.41) is 6.58. The molecule has 146 valence electrons. The molecule has 1 N–H and O–H groups in total. The fourth-order valence-electron chi connectivity index (χ4n) is 3.40. The maximum absolute atomic E-state index is 13.2. The number of ether oxygens (including phenoxy) is 1. The number of halogens is 3. The fourth-order valence-corrected chi connectivity index (χ4v) is 3.40. The van der Waals surface area contributed by atoms with Crippen LogP contribution in [-0.2, 0) is 30.4 Å². The van der Waals surface area contributed by atoms with E-state index in [1.807, 2.05) is 0 Å². The Morgan fingerprint density at radius 1 is 1.30 bits per heavy atom. The third-order valence-corrected chi connectivity index (χ3v) is 4.65. The van der Waals surface area contributed by atoms with Crippen molar-refractivity contribution in [1.82, 2.24) is 9.78 Å². The van der Waals surface area contributed by atoms with Gasteiger partial charge in [0.15, 0.2) is 5.69 Å². The van der Waals surface area contributed by atoms with E-state index in [2.05, 4.69) is 10.4 Å². The van der Waals surface area contributed by atoms with Gasteiger partial charge in [0.25, 0.3) is 0 Å². The zero-order valence-corrected chi connectivity index (χ0v) is 15.1. The average Bonchev–Trinajstić information content (AvgIpc) is 3.01. The van der Waals surface area contributed by atoms with Gasteiger partial charge >= 0.3 is 6.18 Å². The van der Waals surface area contributed by atoms with Gasteiger partial charge in [0.05, 0.1) is 7.11 Å². The van der Waals surface area contributed by atoms with E-state index < -0.39 is 11.9 Å². The topological polar surface area (TPSA) is 56.1 Å². The highest BCUT2D eigenvalue weighted by Gasteiger charge is 2.39. The maximum Gasteiger partial charge on any atom is 0.435 e. The van der Waals surface area contributed by atoms with Gasteiger partial charge in [-0.25, -0.2) is 0 Å². The molecule has 1 aromatic carbocycles. The molecular weight excluding hydrogens is 359 g/mol. The molecule has 0 unspecified atom stereocenters. The summed E-state index contributed by atoms with van der Waals surface area (Å²) < 4.78 is 46.1. The molecular formula is C19H22F3N3O2. The van der Waals surface area contributed by atoms with E-state index in [1.54, 1.807) is 31.4 Å². The van der Waals surface area contributed by atoms with E-state index >= 15 is 0 Å². The summed E-state index contributed by atoms with van der Waals surface area (Å²) in [7, 11) is 1.54.